The summed E-state index contributed by atoms with van der Waals surface area (Å²) in [6, 6.07) is 6.16. The first-order chi connectivity index (χ1) is 6.54. The first kappa shape index (κ1) is 10.9. The van der Waals surface area contributed by atoms with Crippen LogP contribution in [0.2, 0.25) is 0 Å². The molecule has 0 aliphatic carbocycles. The molecule has 0 amide bonds. The number of hydrogen-bond donors (Lipinski definition) is 1. The molecule has 14 heavy (non-hydrogen) atoms. The molecule has 0 saturated heterocycles. The Morgan fingerprint density at radius 3 is 2.29 bits per heavy atom. The molecule has 1 aromatic carbocycles. The first-order valence-electron chi connectivity index (χ1n) is 4.39. The minimum atomic E-state index is -2.77. The summed E-state index contributed by atoms with van der Waals surface area (Å²) < 4.78 is 25.6. The van der Waals surface area contributed by atoms with Crippen LogP contribution in [0.1, 0.15) is 18.1 Å². The quantitative estimate of drug-likeness (QED) is 0.792. The van der Waals surface area contributed by atoms with Crippen LogP contribution in [0.5, 0.6) is 0 Å². The van der Waals surface area contributed by atoms with E-state index in [-0.39, 0.29) is 5.56 Å². The summed E-state index contributed by atoms with van der Waals surface area (Å²) in [4.78, 5) is 0. The van der Waals surface area contributed by atoms with Gasteiger partial charge < -0.3 is 5.73 Å². The van der Waals surface area contributed by atoms with Crippen LogP contribution in [0.3, 0.4) is 0 Å². The van der Waals surface area contributed by atoms with E-state index in [1.54, 1.807) is 24.3 Å². The first-order valence-corrected chi connectivity index (χ1v) is 4.39. The van der Waals surface area contributed by atoms with Crippen LogP contribution in [0, 0.1) is 0 Å². The molecule has 0 saturated carbocycles. The molecule has 1 nitrogen and oxygen atoms in total. The Balaban J connectivity index is 2.84. The highest BCUT2D eigenvalue weighted by atomic mass is 19.3. The molecular formula is C11H13F2N. The molecule has 2 N–H and O–H groups in total. The van der Waals surface area contributed by atoms with Gasteiger partial charge in [0.05, 0.1) is 0 Å². The van der Waals surface area contributed by atoms with Crippen molar-refractivity contribution in [2.45, 2.75) is 12.8 Å². The maximum Gasteiger partial charge on any atom is 0.270 e. The van der Waals surface area contributed by atoms with Crippen LogP contribution in [0.4, 0.5) is 8.78 Å². The lowest BCUT2D eigenvalue weighted by Crippen LogP contribution is -2.06. The molecule has 0 unspecified atom stereocenters. The number of benzene rings is 1. The van der Waals surface area contributed by atoms with E-state index < -0.39 is 5.92 Å². The van der Waals surface area contributed by atoms with E-state index in [0.717, 1.165) is 12.5 Å². The molecule has 0 aliphatic heterocycles. The second kappa shape index (κ2) is 4.33. The van der Waals surface area contributed by atoms with Gasteiger partial charge in [-0.2, -0.15) is 0 Å². The van der Waals surface area contributed by atoms with Gasteiger partial charge in [0.1, 0.15) is 0 Å². The molecule has 0 radical (unpaired) electrons. The minimum absolute atomic E-state index is 0.0300. The minimum Gasteiger partial charge on any atom is -0.327 e. The molecule has 0 atom stereocenters. The van der Waals surface area contributed by atoms with Crippen LogP contribution in [0.25, 0.3) is 6.08 Å². The molecule has 0 aliphatic rings. The molecule has 0 spiro atoms. The predicted molar refractivity (Wildman–Crippen MR) is 54.1 cm³/mol. The van der Waals surface area contributed by atoms with Gasteiger partial charge in [-0.15, -0.1) is 0 Å². The Morgan fingerprint density at radius 1 is 1.29 bits per heavy atom. The number of hydrogen-bond acceptors (Lipinski definition) is 1. The average Bonchev–Trinajstić information content (AvgIpc) is 2.14. The summed E-state index contributed by atoms with van der Waals surface area (Å²) >= 11 is 0. The van der Waals surface area contributed by atoms with E-state index in [0.29, 0.717) is 6.54 Å². The third kappa shape index (κ3) is 2.92. The highest BCUT2D eigenvalue weighted by molar-refractivity contribution is 5.50. The van der Waals surface area contributed by atoms with Crippen molar-refractivity contribution >= 4 is 6.08 Å². The van der Waals surface area contributed by atoms with Crippen molar-refractivity contribution in [1.82, 2.24) is 0 Å². The summed E-state index contributed by atoms with van der Waals surface area (Å²) in [5.74, 6) is -2.77. The van der Waals surface area contributed by atoms with Crippen molar-refractivity contribution in [3.8, 4) is 0 Å². The molecule has 0 aromatic heterocycles. The van der Waals surface area contributed by atoms with Gasteiger partial charge in [-0.25, -0.2) is 8.78 Å². The fraction of sp³-hybridized carbons (Fsp3) is 0.273. The Morgan fingerprint density at radius 2 is 1.86 bits per heavy atom. The summed E-state index contributed by atoms with van der Waals surface area (Å²) in [6.45, 7) is 1.34. The topological polar surface area (TPSA) is 26.0 Å². The molecule has 1 aromatic rings. The second-order valence-electron chi connectivity index (χ2n) is 3.15. The average molecular weight is 197 g/mol. The van der Waals surface area contributed by atoms with Crippen molar-refractivity contribution in [2.75, 3.05) is 6.54 Å². The van der Waals surface area contributed by atoms with Gasteiger partial charge in [0.15, 0.2) is 0 Å². The normalized spacial score (nSPS) is 12.3. The Labute approximate surface area is 82.2 Å². The second-order valence-corrected chi connectivity index (χ2v) is 3.15. The van der Waals surface area contributed by atoms with Crippen molar-refractivity contribution in [2.24, 2.45) is 5.73 Å². The maximum atomic E-state index is 12.8. The largest absolute Gasteiger partial charge is 0.327 e. The van der Waals surface area contributed by atoms with E-state index in [4.69, 9.17) is 5.73 Å². The highest BCUT2D eigenvalue weighted by Gasteiger charge is 2.23. The van der Waals surface area contributed by atoms with Crippen molar-refractivity contribution in [3.05, 3.63) is 41.5 Å². The molecule has 0 fully saturated rings. The lowest BCUT2D eigenvalue weighted by Gasteiger charge is -2.09. The molecule has 0 heterocycles. The highest BCUT2D eigenvalue weighted by Crippen LogP contribution is 2.26. The summed E-state index contributed by atoms with van der Waals surface area (Å²) in [5, 5.41) is 0. The number of halogens is 2. The zero-order valence-electron chi connectivity index (χ0n) is 8.00. The Hall–Kier alpha value is -1.22. The van der Waals surface area contributed by atoms with Gasteiger partial charge in [0, 0.05) is 19.0 Å². The van der Waals surface area contributed by atoms with Crippen LogP contribution in [-0.2, 0) is 5.92 Å². The standard InChI is InChI=1S/C11H13F2N/c1-11(12,13)10-6-4-9(5-7-10)3-2-8-14/h2-7H,8,14H2,1H3/b3-2+. The number of nitrogens with two attached hydrogens (primary N) is 1. The van der Waals surface area contributed by atoms with E-state index >= 15 is 0 Å². The van der Waals surface area contributed by atoms with Gasteiger partial charge in [0.2, 0.25) is 0 Å². The SMILES string of the molecule is CC(F)(F)c1ccc(/C=C/CN)cc1. The molecule has 0 bridgehead atoms. The van der Waals surface area contributed by atoms with Gasteiger partial charge in [-0.05, 0) is 5.56 Å². The van der Waals surface area contributed by atoms with Crippen LogP contribution >= 0.6 is 0 Å². The summed E-state index contributed by atoms with van der Waals surface area (Å²) in [6.07, 6.45) is 3.58. The summed E-state index contributed by atoms with van der Waals surface area (Å²) in [7, 11) is 0. The zero-order chi connectivity index (χ0) is 10.6. The van der Waals surface area contributed by atoms with Crippen LogP contribution in [-0.4, -0.2) is 6.54 Å². The lowest BCUT2D eigenvalue weighted by molar-refractivity contribution is 0.0175. The molecular weight excluding hydrogens is 184 g/mol. The van der Waals surface area contributed by atoms with Gasteiger partial charge >= 0.3 is 0 Å². The fourth-order valence-corrected chi connectivity index (χ4v) is 1.09. The van der Waals surface area contributed by atoms with E-state index in [2.05, 4.69) is 0 Å². The van der Waals surface area contributed by atoms with E-state index in [1.807, 2.05) is 0 Å². The Bertz CT molecular complexity index is 309. The molecule has 1 rings (SSSR count). The maximum absolute atomic E-state index is 12.8. The van der Waals surface area contributed by atoms with Crippen molar-refractivity contribution in [1.29, 1.82) is 0 Å². The Kier molecular flexibility index (Phi) is 3.36. The van der Waals surface area contributed by atoms with Gasteiger partial charge in [-0.3, -0.25) is 0 Å². The van der Waals surface area contributed by atoms with Crippen LogP contribution < -0.4 is 5.73 Å². The van der Waals surface area contributed by atoms with Crippen LogP contribution in [0.15, 0.2) is 30.3 Å². The predicted octanol–water partition coefficient (Wildman–Crippen LogP) is 2.77. The van der Waals surface area contributed by atoms with Crippen molar-refractivity contribution < 1.29 is 8.78 Å². The monoisotopic (exact) mass is 197 g/mol. The smallest absolute Gasteiger partial charge is 0.270 e. The van der Waals surface area contributed by atoms with Crippen molar-refractivity contribution in [3.63, 3.8) is 0 Å². The number of rotatable bonds is 3. The zero-order valence-corrected chi connectivity index (χ0v) is 8.00. The molecule has 76 valence electrons. The van der Waals surface area contributed by atoms with E-state index in [9.17, 15) is 8.78 Å². The lowest BCUT2D eigenvalue weighted by atomic mass is 10.1. The fourth-order valence-electron chi connectivity index (χ4n) is 1.09. The third-order valence-corrected chi connectivity index (χ3v) is 1.86. The number of alkyl halides is 2. The van der Waals surface area contributed by atoms with Gasteiger partial charge in [0.25, 0.3) is 5.92 Å². The van der Waals surface area contributed by atoms with Gasteiger partial charge in [-0.1, -0.05) is 36.4 Å². The van der Waals surface area contributed by atoms with E-state index in [1.165, 1.54) is 12.1 Å². The summed E-state index contributed by atoms with van der Waals surface area (Å²) in [5.41, 5.74) is 6.18. The molecule has 3 heteroatoms. The third-order valence-electron chi connectivity index (χ3n) is 1.86.